The molecule has 1 fully saturated rings. The van der Waals surface area contributed by atoms with Gasteiger partial charge < -0.3 is 10.1 Å². The summed E-state index contributed by atoms with van der Waals surface area (Å²) in [5.41, 5.74) is 0.921. The first-order valence-electron chi connectivity index (χ1n) is 5.31. The largest absolute Gasteiger partial charge is 0.365 e. The van der Waals surface area contributed by atoms with E-state index in [1.54, 1.807) is 0 Å². The lowest BCUT2D eigenvalue weighted by molar-refractivity contribution is -0.0958. The molecule has 16 heavy (non-hydrogen) atoms. The number of halogens is 2. The highest BCUT2D eigenvalue weighted by atomic mass is 35.5. The summed E-state index contributed by atoms with van der Waals surface area (Å²) < 4.78 is 5.99. The van der Waals surface area contributed by atoms with E-state index < -0.39 is 0 Å². The topological polar surface area (TPSA) is 21.3 Å². The van der Waals surface area contributed by atoms with E-state index in [1.165, 1.54) is 0 Å². The maximum atomic E-state index is 6.00. The summed E-state index contributed by atoms with van der Waals surface area (Å²) in [5, 5.41) is 4.51. The number of ether oxygens (including phenoxy) is 1. The zero-order valence-electron chi connectivity index (χ0n) is 9.39. The van der Waals surface area contributed by atoms with Crippen molar-refractivity contribution in [2.75, 3.05) is 13.1 Å². The number of morpholine rings is 1. The number of rotatable bonds is 1. The zero-order valence-corrected chi connectivity index (χ0v) is 10.9. The van der Waals surface area contributed by atoms with Crippen LogP contribution in [-0.2, 0) is 4.74 Å². The van der Waals surface area contributed by atoms with E-state index in [9.17, 15) is 0 Å². The Balaban J connectivity index is 2.20. The van der Waals surface area contributed by atoms with Crippen LogP contribution in [0, 0.1) is 0 Å². The quantitative estimate of drug-likeness (QED) is 0.835. The van der Waals surface area contributed by atoms with Gasteiger partial charge in [-0.15, -0.1) is 0 Å². The molecule has 1 atom stereocenters. The molecule has 0 radical (unpaired) electrons. The molecule has 1 unspecified atom stereocenters. The fourth-order valence-electron chi connectivity index (χ4n) is 1.87. The van der Waals surface area contributed by atoms with Gasteiger partial charge in [0.1, 0.15) is 0 Å². The molecule has 0 spiro atoms. The molecule has 1 aromatic carbocycles. The average molecular weight is 260 g/mol. The van der Waals surface area contributed by atoms with Crippen molar-refractivity contribution in [1.82, 2.24) is 5.32 Å². The van der Waals surface area contributed by atoms with Gasteiger partial charge in [0.2, 0.25) is 0 Å². The number of hydrogen-bond donors (Lipinski definition) is 1. The first-order valence-corrected chi connectivity index (χ1v) is 6.07. The normalized spacial score (nSPS) is 24.4. The summed E-state index contributed by atoms with van der Waals surface area (Å²) >= 11 is 11.9. The van der Waals surface area contributed by atoms with Crippen molar-refractivity contribution < 1.29 is 4.74 Å². The second-order valence-electron chi connectivity index (χ2n) is 4.67. The first kappa shape index (κ1) is 12.2. The van der Waals surface area contributed by atoms with Crippen LogP contribution in [0.3, 0.4) is 0 Å². The number of hydrogen-bond acceptors (Lipinski definition) is 2. The lowest BCUT2D eigenvalue weighted by Crippen LogP contribution is -2.46. The van der Waals surface area contributed by atoms with Crippen LogP contribution in [0.2, 0.25) is 10.0 Å². The van der Waals surface area contributed by atoms with Crippen LogP contribution in [-0.4, -0.2) is 18.7 Å². The first-order chi connectivity index (χ1) is 7.48. The molecule has 1 aliphatic heterocycles. The van der Waals surface area contributed by atoms with Crippen molar-refractivity contribution in [3.63, 3.8) is 0 Å². The fraction of sp³-hybridized carbons (Fsp3) is 0.500. The van der Waals surface area contributed by atoms with Gasteiger partial charge >= 0.3 is 0 Å². The van der Waals surface area contributed by atoms with Crippen LogP contribution < -0.4 is 5.32 Å². The van der Waals surface area contributed by atoms with E-state index in [1.807, 2.05) is 18.2 Å². The molecule has 0 saturated carbocycles. The predicted octanol–water partition coefficient (Wildman–Crippen LogP) is 3.43. The predicted molar refractivity (Wildman–Crippen MR) is 67.2 cm³/mol. The summed E-state index contributed by atoms with van der Waals surface area (Å²) in [5.74, 6) is 0. The van der Waals surface area contributed by atoms with E-state index in [4.69, 9.17) is 27.9 Å². The van der Waals surface area contributed by atoms with Crippen LogP contribution in [0.25, 0.3) is 0 Å². The summed E-state index contributed by atoms with van der Waals surface area (Å²) in [4.78, 5) is 0. The van der Waals surface area contributed by atoms with Gasteiger partial charge in [0.05, 0.1) is 21.8 Å². The molecule has 1 saturated heterocycles. The molecule has 2 rings (SSSR count). The summed E-state index contributed by atoms with van der Waals surface area (Å²) in [6.45, 7) is 5.82. The van der Waals surface area contributed by atoms with Gasteiger partial charge in [-0.3, -0.25) is 0 Å². The molecule has 4 heteroatoms. The van der Waals surface area contributed by atoms with Crippen LogP contribution in [0.4, 0.5) is 0 Å². The molecule has 1 aromatic rings. The maximum Gasteiger partial charge on any atom is 0.0957 e. The van der Waals surface area contributed by atoms with Gasteiger partial charge in [-0.25, -0.2) is 0 Å². The molecule has 0 aromatic heterocycles. The van der Waals surface area contributed by atoms with E-state index in [0.717, 1.165) is 18.7 Å². The molecule has 0 bridgehead atoms. The molecular weight excluding hydrogens is 245 g/mol. The van der Waals surface area contributed by atoms with Crippen molar-refractivity contribution in [2.24, 2.45) is 0 Å². The Morgan fingerprint density at radius 3 is 2.69 bits per heavy atom. The Hall–Kier alpha value is -0.280. The minimum Gasteiger partial charge on any atom is -0.365 e. The monoisotopic (exact) mass is 259 g/mol. The third kappa shape index (κ3) is 2.69. The van der Waals surface area contributed by atoms with Crippen molar-refractivity contribution >= 4 is 23.2 Å². The minimum atomic E-state index is -0.144. The van der Waals surface area contributed by atoms with E-state index >= 15 is 0 Å². The lowest BCUT2D eigenvalue weighted by Gasteiger charge is -2.37. The van der Waals surface area contributed by atoms with Gasteiger partial charge in [-0.1, -0.05) is 29.3 Å². The van der Waals surface area contributed by atoms with Gasteiger partial charge in [0, 0.05) is 13.1 Å². The molecule has 2 nitrogen and oxygen atoms in total. The summed E-state index contributed by atoms with van der Waals surface area (Å²) in [7, 11) is 0. The second-order valence-corrected chi connectivity index (χ2v) is 5.49. The van der Waals surface area contributed by atoms with Crippen LogP contribution in [0.5, 0.6) is 0 Å². The summed E-state index contributed by atoms with van der Waals surface area (Å²) in [6, 6.07) is 5.64. The molecule has 1 N–H and O–H groups in total. The SMILES string of the molecule is CC1(C)CNCC(c2ccc(Cl)c(Cl)c2)O1. The van der Waals surface area contributed by atoms with Crippen LogP contribution in [0.15, 0.2) is 18.2 Å². The molecule has 1 aliphatic rings. The third-order valence-corrected chi connectivity index (χ3v) is 3.40. The van der Waals surface area contributed by atoms with Crippen molar-refractivity contribution in [3.05, 3.63) is 33.8 Å². The van der Waals surface area contributed by atoms with E-state index in [-0.39, 0.29) is 11.7 Å². The van der Waals surface area contributed by atoms with Crippen LogP contribution >= 0.6 is 23.2 Å². The van der Waals surface area contributed by atoms with Crippen LogP contribution in [0.1, 0.15) is 25.5 Å². The fourth-order valence-corrected chi connectivity index (χ4v) is 2.18. The third-order valence-electron chi connectivity index (χ3n) is 2.66. The highest BCUT2D eigenvalue weighted by molar-refractivity contribution is 6.42. The molecular formula is C12H15Cl2NO. The Kier molecular flexibility index (Phi) is 3.45. The van der Waals surface area contributed by atoms with Gasteiger partial charge in [0.25, 0.3) is 0 Å². The Bertz CT molecular complexity index is 393. The van der Waals surface area contributed by atoms with E-state index in [2.05, 4.69) is 19.2 Å². The van der Waals surface area contributed by atoms with Crippen molar-refractivity contribution in [2.45, 2.75) is 25.6 Å². The molecule has 0 amide bonds. The van der Waals surface area contributed by atoms with Crippen molar-refractivity contribution in [3.8, 4) is 0 Å². The minimum absolute atomic E-state index is 0.0403. The lowest BCUT2D eigenvalue weighted by atomic mass is 10.0. The molecule has 1 heterocycles. The van der Waals surface area contributed by atoms with E-state index in [0.29, 0.717) is 10.0 Å². The zero-order chi connectivity index (χ0) is 11.8. The Morgan fingerprint density at radius 2 is 2.06 bits per heavy atom. The molecule has 88 valence electrons. The van der Waals surface area contributed by atoms with Crippen molar-refractivity contribution in [1.29, 1.82) is 0 Å². The maximum absolute atomic E-state index is 6.00. The Labute approximate surface area is 106 Å². The summed E-state index contributed by atoms with van der Waals surface area (Å²) in [6.07, 6.45) is 0.0403. The average Bonchev–Trinajstić information content (AvgIpc) is 2.20. The Morgan fingerprint density at radius 1 is 1.31 bits per heavy atom. The van der Waals surface area contributed by atoms with Gasteiger partial charge in [-0.2, -0.15) is 0 Å². The standard InChI is InChI=1S/C12H15Cl2NO/c1-12(2)7-15-6-11(16-12)8-3-4-9(13)10(14)5-8/h3-5,11,15H,6-7H2,1-2H3. The smallest absolute Gasteiger partial charge is 0.0957 e. The molecule has 0 aliphatic carbocycles. The highest BCUT2D eigenvalue weighted by Gasteiger charge is 2.29. The van der Waals surface area contributed by atoms with Gasteiger partial charge in [-0.05, 0) is 31.5 Å². The number of benzene rings is 1. The number of nitrogens with one attached hydrogen (secondary N) is 1. The highest BCUT2D eigenvalue weighted by Crippen LogP contribution is 2.30. The van der Waals surface area contributed by atoms with Gasteiger partial charge in [0.15, 0.2) is 0 Å². The second kappa shape index (κ2) is 4.53.